The molecule has 0 aliphatic carbocycles. The van der Waals surface area contributed by atoms with E-state index >= 15 is 0 Å². The maximum atomic E-state index is 13.4. The van der Waals surface area contributed by atoms with Gasteiger partial charge in [0, 0.05) is 26.6 Å². The van der Waals surface area contributed by atoms with Crippen LogP contribution in [0.4, 0.5) is 5.69 Å². The number of fused-ring (bicyclic) bond motifs is 4. The minimum absolute atomic E-state index is 0.0645. The lowest BCUT2D eigenvalue weighted by molar-refractivity contribution is -0.118. The number of nitrogens with one attached hydrogen (secondary N) is 2. The molecule has 0 saturated heterocycles. The van der Waals surface area contributed by atoms with Crippen molar-refractivity contribution in [1.82, 2.24) is 10.2 Å². The molecule has 3 aromatic rings. The van der Waals surface area contributed by atoms with E-state index in [0.717, 1.165) is 15.3 Å². The number of amides is 1. The van der Waals surface area contributed by atoms with Crippen molar-refractivity contribution < 1.29 is 9.53 Å². The molecule has 8 heteroatoms. The van der Waals surface area contributed by atoms with Gasteiger partial charge >= 0.3 is 0 Å². The van der Waals surface area contributed by atoms with Gasteiger partial charge in [0.1, 0.15) is 17.1 Å². The van der Waals surface area contributed by atoms with Gasteiger partial charge in [0.05, 0.1) is 11.3 Å². The van der Waals surface area contributed by atoms with Gasteiger partial charge in [-0.3, -0.25) is 9.89 Å². The summed E-state index contributed by atoms with van der Waals surface area (Å²) in [4.78, 5) is 15.6. The van der Waals surface area contributed by atoms with Gasteiger partial charge in [-0.25, -0.2) is 0 Å². The predicted molar refractivity (Wildman–Crippen MR) is 105 cm³/mol. The second-order valence-corrected chi connectivity index (χ2v) is 8.27. The number of ether oxygens (including phenoxy) is 1. The number of anilines is 1. The van der Waals surface area contributed by atoms with E-state index in [4.69, 9.17) is 10.5 Å². The first kappa shape index (κ1) is 16.6. The molecule has 0 bridgehead atoms. The predicted octanol–water partition coefficient (Wildman–Crippen LogP) is 3.08. The van der Waals surface area contributed by atoms with Crippen LogP contribution in [0, 0.1) is 25.2 Å². The Morgan fingerprint density at radius 1 is 1.32 bits per heavy atom. The van der Waals surface area contributed by atoms with E-state index in [-0.39, 0.29) is 23.2 Å². The second-order valence-electron chi connectivity index (χ2n) is 6.81. The van der Waals surface area contributed by atoms with Gasteiger partial charge in [-0.15, -0.1) is 16.4 Å². The Balaban J connectivity index is 1.92. The average molecular weight is 389 g/mol. The number of aromatic amines is 1. The van der Waals surface area contributed by atoms with Gasteiger partial charge in [0.15, 0.2) is 0 Å². The maximum absolute atomic E-state index is 13.4. The van der Waals surface area contributed by atoms with E-state index in [1.54, 1.807) is 11.3 Å². The number of aromatic nitrogens is 2. The molecule has 1 spiro atoms. The third-order valence-corrected chi connectivity index (χ3v) is 6.24. The molecule has 4 N–H and O–H groups in total. The minimum Gasteiger partial charge on any atom is -0.420 e. The molecule has 2 aliphatic rings. The van der Waals surface area contributed by atoms with Crippen molar-refractivity contribution in [3.8, 4) is 23.2 Å². The van der Waals surface area contributed by atoms with Crippen molar-refractivity contribution >= 4 is 22.9 Å². The minimum atomic E-state index is -1.41. The number of aryl methyl sites for hydroxylation is 2. The number of benzene rings is 1. The van der Waals surface area contributed by atoms with Crippen molar-refractivity contribution in [2.24, 2.45) is 5.73 Å². The molecule has 28 heavy (non-hydrogen) atoms. The van der Waals surface area contributed by atoms with E-state index in [9.17, 15) is 10.1 Å². The molecular weight excluding hydrogens is 374 g/mol. The molecule has 5 rings (SSSR count). The molecular formula is C20H15N5O2S. The van der Waals surface area contributed by atoms with Crippen molar-refractivity contribution in [2.45, 2.75) is 19.3 Å². The Morgan fingerprint density at radius 2 is 2.11 bits per heavy atom. The summed E-state index contributed by atoms with van der Waals surface area (Å²) in [5.41, 5.74) is 8.12. The smallest absolute Gasteiger partial charge is 0.245 e. The van der Waals surface area contributed by atoms with Crippen molar-refractivity contribution in [3.05, 3.63) is 62.7 Å². The molecule has 0 fully saturated rings. The van der Waals surface area contributed by atoms with Crippen LogP contribution in [-0.4, -0.2) is 16.1 Å². The first-order valence-corrected chi connectivity index (χ1v) is 9.45. The molecule has 1 amide bonds. The summed E-state index contributed by atoms with van der Waals surface area (Å²) < 4.78 is 5.65. The van der Waals surface area contributed by atoms with Crippen LogP contribution in [0.25, 0.3) is 11.3 Å². The lowest BCUT2D eigenvalue weighted by Gasteiger charge is -2.31. The first-order chi connectivity index (χ1) is 13.5. The van der Waals surface area contributed by atoms with E-state index in [0.29, 0.717) is 22.5 Å². The van der Waals surface area contributed by atoms with Gasteiger partial charge in [0.25, 0.3) is 0 Å². The van der Waals surface area contributed by atoms with Crippen LogP contribution in [0.15, 0.2) is 41.8 Å². The standard InChI is InChI=1S/C20H15N5O2S/c1-9-7-11(10(2)28-9)16-15-18(25-24-16)27-17(22)13(8-21)20(15)12-5-3-4-6-14(12)23-19(20)26/h3-7H,22H2,1-2H3,(H,23,26)(H,24,25). The number of hydrogen-bond acceptors (Lipinski definition) is 6. The number of nitrogens with zero attached hydrogens (tertiary/aromatic N) is 2. The number of rotatable bonds is 1. The van der Waals surface area contributed by atoms with Gasteiger partial charge in [-0.2, -0.15) is 5.26 Å². The first-order valence-electron chi connectivity index (χ1n) is 8.63. The summed E-state index contributed by atoms with van der Waals surface area (Å²) in [7, 11) is 0. The zero-order valence-electron chi connectivity index (χ0n) is 15.1. The summed E-state index contributed by atoms with van der Waals surface area (Å²) in [5, 5.41) is 20.1. The molecule has 0 radical (unpaired) electrons. The Morgan fingerprint density at radius 3 is 2.82 bits per heavy atom. The molecule has 4 heterocycles. The SMILES string of the molecule is Cc1cc(-c2[nH]nc3c2C2(C(=O)Nc4ccccc42)C(C#N)=C(N)O3)c(C)s1. The van der Waals surface area contributed by atoms with Crippen LogP contribution in [0.1, 0.15) is 20.9 Å². The summed E-state index contributed by atoms with van der Waals surface area (Å²) >= 11 is 1.65. The quantitative estimate of drug-likeness (QED) is 0.591. The number of carbonyl (C=O) groups is 1. The van der Waals surface area contributed by atoms with Gasteiger partial charge in [-0.05, 0) is 26.0 Å². The summed E-state index contributed by atoms with van der Waals surface area (Å²) in [5.74, 6) is -0.246. The fraction of sp³-hybridized carbons (Fsp3) is 0.150. The van der Waals surface area contributed by atoms with E-state index in [2.05, 4.69) is 21.6 Å². The largest absolute Gasteiger partial charge is 0.420 e. The Kier molecular flexibility index (Phi) is 3.24. The van der Waals surface area contributed by atoms with Crippen LogP contribution in [0.5, 0.6) is 5.88 Å². The lowest BCUT2D eigenvalue weighted by Crippen LogP contribution is -2.42. The highest BCUT2D eigenvalue weighted by molar-refractivity contribution is 7.12. The molecule has 2 aliphatic heterocycles. The summed E-state index contributed by atoms with van der Waals surface area (Å²) in [6, 6.07) is 11.5. The molecule has 138 valence electrons. The molecule has 2 aromatic heterocycles. The van der Waals surface area contributed by atoms with Crippen molar-refractivity contribution in [1.29, 1.82) is 5.26 Å². The highest BCUT2D eigenvalue weighted by atomic mass is 32.1. The van der Waals surface area contributed by atoms with Crippen LogP contribution in [-0.2, 0) is 10.2 Å². The molecule has 7 nitrogen and oxygen atoms in total. The van der Waals surface area contributed by atoms with Crippen molar-refractivity contribution in [2.75, 3.05) is 5.32 Å². The maximum Gasteiger partial charge on any atom is 0.245 e. The lowest BCUT2D eigenvalue weighted by atomic mass is 9.68. The molecule has 0 saturated carbocycles. The number of nitriles is 1. The van der Waals surface area contributed by atoms with Crippen LogP contribution < -0.4 is 15.8 Å². The number of nitrogens with two attached hydrogens (primary N) is 1. The number of para-hydroxylation sites is 1. The van der Waals surface area contributed by atoms with Crippen LogP contribution in [0.2, 0.25) is 0 Å². The fourth-order valence-electron chi connectivity index (χ4n) is 4.18. The number of hydrogen-bond donors (Lipinski definition) is 3. The number of carbonyl (C=O) groups excluding carboxylic acids is 1. The third kappa shape index (κ3) is 1.86. The Bertz CT molecular complexity index is 1250. The molecule has 1 unspecified atom stereocenters. The number of thiophene rings is 1. The second kappa shape index (κ2) is 5.47. The van der Waals surface area contributed by atoms with Gasteiger partial charge in [0.2, 0.25) is 17.7 Å². The zero-order valence-corrected chi connectivity index (χ0v) is 15.9. The highest BCUT2D eigenvalue weighted by Crippen LogP contribution is 2.55. The summed E-state index contributed by atoms with van der Waals surface area (Å²) in [6.45, 7) is 4.03. The van der Waals surface area contributed by atoms with Gasteiger partial charge in [-0.1, -0.05) is 18.2 Å². The van der Waals surface area contributed by atoms with E-state index < -0.39 is 5.41 Å². The van der Waals surface area contributed by atoms with Crippen LogP contribution >= 0.6 is 11.3 Å². The van der Waals surface area contributed by atoms with Crippen LogP contribution in [0.3, 0.4) is 0 Å². The molecule has 1 aromatic carbocycles. The van der Waals surface area contributed by atoms with Gasteiger partial charge < -0.3 is 15.8 Å². The van der Waals surface area contributed by atoms with E-state index in [1.165, 1.54) is 0 Å². The summed E-state index contributed by atoms with van der Waals surface area (Å²) in [6.07, 6.45) is 0. The number of H-pyrrole nitrogens is 1. The molecule has 1 atom stereocenters. The average Bonchev–Trinajstić information content (AvgIpc) is 3.30. The Labute approximate surface area is 164 Å². The monoisotopic (exact) mass is 389 g/mol. The Hall–Kier alpha value is -3.57. The topological polar surface area (TPSA) is 117 Å². The van der Waals surface area contributed by atoms with E-state index in [1.807, 2.05) is 44.2 Å². The zero-order chi connectivity index (χ0) is 19.6. The highest BCUT2D eigenvalue weighted by Gasteiger charge is 2.58. The third-order valence-electron chi connectivity index (χ3n) is 5.28. The fourth-order valence-corrected chi connectivity index (χ4v) is 5.11. The van der Waals surface area contributed by atoms with Crippen molar-refractivity contribution in [3.63, 3.8) is 0 Å². The normalized spacial score (nSPS) is 19.8.